The molecule has 0 fully saturated rings. The summed E-state index contributed by atoms with van der Waals surface area (Å²) in [7, 11) is 0. The molecule has 0 saturated heterocycles. The highest BCUT2D eigenvalue weighted by Gasteiger charge is 2.06. The van der Waals surface area contributed by atoms with E-state index in [-0.39, 0.29) is 0 Å². The number of H-pyrrole nitrogens is 1. The molecule has 1 aromatic carbocycles. The number of aromatic nitrogens is 1. The fraction of sp³-hybridized carbons (Fsp3) is 0. The zero-order valence-corrected chi connectivity index (χ0v) is 9.21. The number of hydrogen-bond donors (Lipinski definition) is 1. The molecule has 0 aliphatic carbocycles. The van der Waals surface area contributed by atoms with Gasteiger partial charge in [-0.05, 0) is 30.4 Å². The summed E-state index contributed by atoms with van der Waals surface area (Å²) < 4.78 is 4.97. The molecule has 0 amide bonds. The molecular formula is C9H5Cl2NOS. The maximum Gasteiger partial charge on any atom is 0.266 e. The molecule has 72 valence electrons. The van der Waals surface area contributed by atoms with Crippen LogP contribution in [0, 0.1) is 4.84 Å². The third kappa shape index (κ3) is 1.85. The lowest BCUT2D eigenvalue weighted by Crippen LogP contribution is -1.79. The van der Waals surface area contributed by atoms with Gasteiger partial charge in [0.2, 0.25) is 0 Å². The van der Waals surface area contributed by atoms with Gasteiger partial charge in [-0.2, -0.15) is 0 Å². The van der Waals surface area contributed by atoms with Crippen molar-refractivity contribution in [3.05, 3.63) is 39.3 Å². The van der Waals surface area contributed by atoms with Crippen molar-refractivity contribution >= 4 is 35.4 Å². The zero-order chi connectivity index (χ0) is 10.1. The SMILES string of the molecule is S=c1[nH]c(-c2cc(Cl)ccc2Cl)co1. The van der Waals surface area contributed by atoms with E-state index in [1.165, 1.54) is 6.26 Å². The van der Waals surface area contributed by atoms with Crippen molar-refractivity contribution in [3.63, 3.8) is 0 Å². The topological polar surface area (TPSA) is 28.9 Å². The lowest BCUT2D eigenvalue weighted by molar-refractivity contribution is 0.541. The van der Waals surface area contributed by atoms with E-state index >= 15 is 0 Å². The second kappa shape index (κ2) is 3.77. The molecule has 5 heteroatoms. The Bertz CT molecular complexity index is 518. The highest BCUT2D eigenvalue weighted by Crippen LogP contribution is 2.29. The first-order valence-electron chi connectivity index (χ1n) is 3.80. The fourth-order valence-corrected chi connectivity index (χ4v) is 1.67. The predicted molar refractivity (Wildman–Crippen MR) is 59.3 cm³/mol. The number of hydrogen-bond acceptors (Lipinski definition) is 2. The van der Waals surface area contributed by atoms with Gasteiger partial charge in [-0.15, -0.1) is 0 Å². The van der Waals surface area contributed by atoms with Crippen LogP contribution in [0.15, 0.2) is 28.9 Å². The maximum atomic E-state index is 5.99. The van der Waals surface area contributed by atoms with Gasteiger partial charge < -0.3 is 9.40 Å². The van der Waals surface area contributed by atoms with Crippen LogP contribution in [0.2, 0.25) is 10.0 Å². The van der Waals surface area contributed by atoms with Crippen LogP contribution in [0.5, 0.6) is 0 Å². The molecule has 2 nitrogen and oxygen atoms in total. The zero-order valence-electron chi connectivity index (χ0n) is 6.88. The Kier molecular flexibility index (Phi) is 2.63. The Morgan fingerprint density at radius 1 is 1.29 bits per heavy atom. The van der Waals surface area contributed by atoms with E-state index in [2.05, 4.69) is 4.98 Å². The average molecular weight is 246 g/mol. The Morgan fingerprint density at radius 2 is 2.07 bits per heavy atom. The second-order valence-electron chi connectivity index (χ2n) is 2.69. The highest BCUT2D eigenvalue weighted by molar-refractivity contribution is 7.71. The van der Waals surface area contributed by atoms with Gasteiger partial charge in [0.05, 0.1) is 10.7 Å². The monoisotopic (exact) mass is 245 g/mol. The number of rotatable bonds is 1. The predicted octanol–water partition coefficient (Wildman–Crippen LogP) is 4.31. The Hall–Kier alpha value is -0.770. The first kappa shape index (κ1) is 9.77. The van der Waals surface area contributed by atoms with Crippen LogP contribution in [0.4, 0.5) is 0 Å². The van der Waals surface area contributed by atoms with Crippen molar-refractivity contribution in [3.8, 4) is 11.3 Å². The van der Waals surface area contributed by atoms with Gasteiger partial charge in [0.15, 0.2) is 0 Å². The van der Waals surface area contributed by atoms with Crippen LogP contribution in [-0.2, 0) is 0 Å². The first-order chi connectivity index (χ1) is 6.66. The Balaban J connectivity index is 2.61. The third-order valence-electron chi connectivity index (χ3n) is 1.74. The van der Waals surface area contributed by atoms with E-state index in [0.29, 0.717) is 14.9 Å². The van der Waals surface area contributed by atoms with Gasteiger partial charge in [0.25, 0.3) is 4.84 Å². The van der Waals surface area contributed by atoms with Gasteiger partial charge >= 0.3 is 0 Å². The minimum atomic E-state index is 0.316. The molecule has 2 rings (SSSR count). The second-order valence-corrected chi connectivity index (χ2v) is 3.90. The van der Waals surface area contributed by atoms with Crippen LogP contribution in [-0.4, -0.2) is 4.98 Å². The summed E-state index contributed by atoms with van der Waals surface area (Å²) in [6, 6.07) is 5.20. The highest BCUT2D eigenvalue weighted by atomic mass is 35.5. The van der Waals surface area contributed by atoms with Crippen LogP contribution >= 0.6 is 35.4 Å². The summed E-state index contributed by atoms with van der Waals surface area (Å²) >= 11 is 16.6. The molecule has 1 aromatic heterocycles. The minimum absolute atomic E-state index is 0.316. The summed E-state index contributed by atoms with van der Waals surface area (Å²) in [6.07, 6.45) is 1.51. The van der Waals surface area contributed by atoms with Crippen LogP contribution < -0.4 is 0 Å². The van der Waals surface area contributed by atoms with Crippen molar-refractivity contribution in [1.29, 1.82) is 0 Å². The molecule has 2 aromatic rings. The molecule has 0 atom stereocenters. The molecule has 0 aliphatic heterocycles. The van der Waals surface area contributed by atoms with E-state index in [4.69, 9.17) is 39.8 Å². The van der Waals surface area contributed by atoms with Crippen molar-refractivity contribution in [2.24, 2.45) is 0 Å². The maximum absolute atomic E-state index is 5.99. The summed E-state index contributed by atoms with van der Waals surface area (Å²) in [4.78, 5) is 3.18. The summed E-state index contributed by atoms with van der Waals surface area (Å²) in [5.74, 6) is 0. The van der Waals surface area contributed by atoms with Crippen LogP contribution in [0.1, 0.15) is 0 Å². The molecular weight excluding hydrogens is 241 g/mol. The standard InChI is InChI=1S/C9H5Cl2NOS/c10-5-1-2-7(11)6(3-5)8-4-13-9(14)12-8/h1-4H,(H,12,14). The number of halogens is 2. The van der Waals surface area contributed by atoms with Gasteiger partial charge in [0.1, 0.15) is 6.26 Å². The van der Waals surface area contributed by atoms with E-state index in [9.17, 15) is 0 Å². The lowest BCUT2D eigenvalue weighted by atomic mass is 10.2. The number of oxazole rings is 1. The largest absolute Gasteiger partial charge is 0.437 e. The van der Waals surface area contributed by atoms with Crippen LogP contribution in [0.3, 0.4) is 0 Å². The van der Waals surface area contributed by atoms with Gasteiger partial charge in [-0.3, -0.25) is 0 Å². The molecule has 0 aliphatic rings. The van der Waals surface area contributed by atoms with E-state index in [0.717, 1.165) is 11.3 Å². The first-order valence-corrected chi connectivity index (χ1v) is 4.96. The average Bonchev–Trinajstić information content (AvgIpc) is 2.56. The normalized spacial score (nSPS) is 10.4. The summed E-state index contributed by atoms with van der Waals surface area (Å²) in [6.45, 7) is 0. The summed E-state index contributed by atoms with van der Waals surface area (Å²) in [5.41, 5.74) is 1.50. The van der Waals surface area contributed by atoms with Gasteiger partial charge in [-0.1, -0.05) is 23.2 Å². The fourth-order valence-electron chi connectivity index (χ4n) is 1.12. The van der Waals surface area contributed by atoms with Crippen molar-refractivity contribution in [2.45, 2.75) is 0 Å². The van der Waals surface area contributed by atoms with E-state index in [1.807, 2.05) is 0 Å². The quantitative estimate of drug-likeness (QED) is 0.759. The molecule has 0 unspecified atom stereocenters. The third-order valence-corrected chi connectivity index (χ3v) is 2.50. The van der Waals surface area contributed by atoms with Crippen molar-refractivity contribution in [1.82, 2.24) is 4.98 Å². The minimum Gasteiger partial charge on any atom is -0.437 e. The molecule has 0 radical (unpaired) electrons. The van der Waals surface area contributed by atoms with Crippen molar-refractivity contribution < 1.29 is 4.42 Å². The number of benzene rings is 1. The lowest BCUT2D eigenvalue weighted by Gasteiger charge is -2.00. The van der Waals surface area contributed by atoms with E-state index < -0.39 is 0 Å². The number of aromatic amines is 1. The Morgan fingerprint density at radius 3 is 2.71 bits per heavy atom. The smallest absolute Gasteiger partial charge is 0.266 e. The van der Waals surface area contributed by atoms with Crippen molar-refractivity contribution in [2.75, 3.05) is 0 Å². The number of nitrogens with one attached hydrogen (secondary N) is 1. The van der Waals surface area contributed by atoms with Gasteiger partial charge in [0, 0.05) is 10.6 Å². The molecule has 0 bridgehead atoms. The van der Waals surface area contributed by atoms with Gasteiger partial charge in [-0.25, -0.2) is 0 Å². The van der Waals surface area contributed by atoms with Crippen LogP contribution in [0.25, 0.3) is 11.3 Å². The van der Waals surface area contributed by atoms with E-state index in [1.54, 1.807) is 18.2 Å². The molecule has 0 spiro atoms. The molecule has 14 heavy (non-hydrogen) atoms. The molecule has 0 saturated carbocycles. The molecule has 1 N–H and O–H groups in total. The summed E-state index contributed by atoms with van der Waals surface area (Å²) in [5, 5.41) is 1.21. The molecule has 1 heterocycles. The Labute approximate surface area is 95.5 Å².